The summed E-state index contributed by atoms with van der Waals surface area (Å²) >= 11 is 0. The summed E-state index contributed by atoms with van der Waals surface area (Å²) in [7, 11) is 0. The zero-order chi connectivity index (χ0) is 17.7. The minimum atomic E-state index is -0.670. The first-order chi connectivity index (χ1) is 11.3. The van der Waals surface area contributed by atoms with Crippen LogP contribution in [0.25, 0.3) is 0 Å². The van der Waals surface area contributed by atoms with Gasteiger partial charge in [0.2, 0.25) is 5.89 Å². The number of oxazole rings is 1. The molecule has 0 saturated carbocycles. The number of aliphatic hydroxyl groups excluding tert-OH is 1. The Morgan fingerprint density at radius 3 is 2.79 bits per heavy atom. The van der Waals surface area contributed by atoms with E-state index in [1.807, 2.05) is 20.8 Å². The third-order valence-electron chi connectivity index (χ3n) is 3.47. The molecule has 0 spiro atoms. The fourth-order valence-electron chi connectivity index (χ4n) is 2.02. The highest BCUT2D eigenvalue weighted by molar-refractivity contribution is 5.80. The van der Waals surface area contributed by atoms with Crippen molar-refractivity contribution in [2.45, 2.75) is 52.4 Å². The third-order valence-corrected chi connectivity index (χ3v) is 3.47. The quantitative estimate of drug-likeness (QED) is 0.849. The summed E-state index contributed by atoms with van der Waals surface area (Å²) in [5.41, 5.74) is 0.609. The van der Waals surface area contributed by atoms with Gasteiger partial charge < -0.3 is 19.6 Å². The highest BCUT2D eigenvalue weighted by Crippen LogP contribution is 2.22. The molecule has 2 N–H and O–H groups in total. The second-order valence-electron chi connectivity index (χ2n) is 6.65. The van der Waals surface area contributed by atoms with Gasteiger partial charge >= 0.3 is 0 Å². The maximum absolute atomic E-state index is 12.1. The monoisotopic (exact) mass is 332 g/mol. The Bertz CT molecular complexity index is 688. The number of benzene rings is 1. The van der Waals surface area contributed by atoms with E-state index in [1.54, 1.807) is 37.4 Å². The average Bonchev–Trinajstić information content (AvgIpc) is 3.02. The van der Waals surface area contributed by atoms with E-state index in [-0.39, 0.29) is 24.5 Å². The van der Waals surface area contributed by atoms with E-state index >= 15 is 0 Å². The second-order valence-corrected chi connectivity index (χ2v) is 6.65. The van der Waals surface area contributed by atoms with Gasteiger partial charge in [-0.1, -0.05) is 32.9 Å². The van der Waals surface area contributed by atoms with Crippen LogP contribution in [0.2, 0.25) is 0 Å². The summed E-state index contributed by atoms with van der Waals surface area (Å²) in [6, 6.07) is 7.00. The molecule has 6 nitrogen and oxygen atoms in total. The molecule has 1 aromatic heterocycles. The van der Waals surface area contributed by atoms with Gasteiger partial charge in [0.25, 0.3) is 5.91 Å². The molecule has 2 rings (SSSR count). The fraction of sp³-hybridized carbons (Fsp3) is 0.444. The Morgan fingerprint density at radius 2 is 2.17 bits per heavy atom. The molecule has 1 aromatic carbocycles. The first kappa shape index (κ1) is 18.0. The van der Waals surface area contributed by atoms with Gasteiger partial charge in [-0.05, 0) is 24.6 Å². The Kier molecular flexibility index (Phi) is 5.62. The van der Waals surface area contributed by atoms with Crippen molar-refractivity contribution in [2.24, 2.45) is 0 Å². The van der Waals surface area contributed by atoms with E-state index in [0.717, 1.165) is 11.3 Å². The van der Waals surface area contributed by atoms with E-state index in [9.17, 15) is 4.79 Å². The molecule has 130 valence electrons. The molecule has 0 saturated heterocycles. The lowest BCUT2D eigenvalue weighted by Gasteiger charge is -2.15. The number of aromatic nitrogens is 1. The van der Waals surface area contributed by atoms with Gasteiger partial charge in [-0.15, -0.1) is 0 Å². The van der Waals surface area contributed by atoms with Crippen LogP contribution in [-0.4, -0.2) is 22.1 Å². The van der Waals surface area contributed by atoms with Crippen LogP contribution in [0, 0.1) is 0 Å². The summed E-state index contributed by atoms with van der Waals surface area (Å²) in [5.74, 6) is 1.51. The molecule has 2 aromatic rings. The molecule has 0 aliphatic heterocycles. The highest BCUT2D eigenvalue weighted by atomic mass is 16.5. The Morgan fingerprint density at radius 1 is 1.42 bits per heavy atom. The predicted molar refractivity (Wildman–Crippen MR) is 89.5 cm³/mol. The number of nitrogens with one attached hydrogen (secondary N) is 1. The number of hydrogen-bond acceptors (Lipinski definition) is 5. The maximum Gasteiger partial charge on any atom is 0.261 e. The van der Waals surface area contributed by atoms with Crippen LogP contribution in [0.15, 0.2) is 34.9 Å². The molecular formula is C18H24N2O4. The minimum absolute atomic E-state index is 0.0714. The van der Waals surface area contributed by atoms with Crippen LogP contribution in [0.4, 0.5) is 0 Å². The van der Waals surface area contributed by atoms with Crippen molar-refractivity contribution >= 4 is 5.91 Å². The van der Waals surface area contributed by atoms with Crippen LogP contribution in [0.1, 0.15) is 44.9 Å². The molecule has 24 heavy (non-hydrogen) atoms. The molecular weight excluding hydrogens is 308 g/mol. The SMILES string of the molecule is CC(Oc1cccc(CO)c1)C(=O)NCc1ncc(C(C)(C)C)o1. The number of amides is 1. The number of ether oxygens (including phenoxy) is 1. The summed E-state index contributed by atoms with van der Waals surface area (Å²) < 4.78 is 11.2. The maximum atomic E-state index is 12.1. The number of hydrogen-bond donors (Lipinski definition) is 2. The van der Waals surface area contributed by atoms with Gasteiger partial charge in [-0.25, -0.2) is 4.98 Å². The largest absolute Gasteiger partial charge is 0.481 e. The van der Waals surface area contributed by atoms with Crippen LogP contribution in [-0.2, 0) is 23.4 Å². The Labute approximate surface area is 141 Å². The van der Waals surface area contributed by atoms with Crippen molar-refractivity contribution in [1.29, 1.82) is 0 Å². The molecule has 1 amide bonds. The lowest BCUT2D eigenvalue weighted by atomic mass is 9.94. The van der Waals surface area contributed by atoms with Gasteiger partial charge in [0.1, 0.15) is 11.5 Å². The minimum Gasteiger partial charge on any atom is -0.481 e. The van der Waals surface area contributed by atoms with Crippen LogP contribution in [0.3, 0.4) is 0 Å². The Balaban J connectivity index is 1.88. The van der Waals surface area contributed by atoms with E-state index < -0.39 is 6.10 Å². The number of carbonyl (C=O) groups is 1. The lowest BCUT2D eigenvalue weighted by molar-refractivity contribution is -0.127. The van der Waals surface area contributed by atoms with Crippen molar-refractivity contribution in [3.63, 3.8) is 0 Å². The molecule has 6 heteroatoms. The number of aliphatic hydroxyl groups is 1. The number of nitrogens with zero attached hydrogens (tertiary/aromatic N) is 1. The van der Waals surface area contributed by atoms with Crippen LogP contribution in [0.5, 0.6) is 5.75 Å². The normalized spacial score (nSPS) is 12.7. The third kappa shape index (κ3) is 4.83. The average molecular weight is 332 g/mol. The second kappa shape index (κ2) is 7.49. The highest BCUT2D eigenvalue weighted by Gasteiger charge is 2.20. The van der Waals surface area contributed by atoms with E-state index in [4.69, 9.17) is 14.3 Å². The summed E-state index contributed by atoms with van der Waals surface area (Å²) in [5, 5.41) is 11.9. The van der Waals surface area contributed by atoms with Gasteiger partial charge in [-0.2, -0.15) is 0 Å². The summed E-state index contributed by atoms with van der Waals surface area (Å²) in [4.78, 5) is 16.3. The molecule has 0 bridgehead atoms. The first-order valence-corrected chi connectivity index (χ1v) is 7.89. The van der Waals surface area contributed by atoms with Crippen molar-refractivity contribution in [3.8, 4) is 5.75 Å². The van der Waals surface area contributed by atoms with Crippen molar-refractivity contribution in [3.05, 3.63) is 47.7 Å². The zero-order valence-electron chi connectivity index (χ0n) is 14.5. The van der Waals surface area contributed by atoms with Gasteiger partial charge in [0.15, 0.2) is 6.10 Å². The zero-order valence-corrected chi connectivity index (χ0v) is 14.5. The van der Waals surface area contributed by atoms with Gasteiger partial charge in [0.05, 0.1) is 19.3 Å². The van der Waals surface area contributed by atoms with E-state index in [0.29, 0.717) is 11.6 Å². The molecule has 1 unspecified atom stereocenters. The molecule has 0 aliphatic carbocycles. The van der Waals surface area contributed by atoms with Crippen LogP contribution >= 0.6 is 0 Å². The first-order valence-electron chi connectivity index (χ1n) is 7.89. The summed E-state index contributed by atoms with van der Waals surface area (Å²) in [6.07, 6.45) is 1.01. The predicted octanol–water partition coefficient (Wildman–Crippen LogP) is 2.55. The smallest absolute Gasteiger partial charge is 0.261 e. The molecule has 0 aliphatic rings. The van der Waals surface area contributed by atoms with Gasteiger partial charge in [-0.3, -0.25) is 4.79 Å². The van der Waals surface area contributed by atoms with E-state index in [2.05, 4.69) is 10.3 Å². The molecule has 1 heterocycles. The van der Waals surface area contributed by atoms with Crippen molar-refractivity contribution in [1.82, 2.24) is 10.3 Å². The lowest BCUT2D eigenvalue weighted by Crippen LogP contribution is -2.36. The fourth-order valence-corrected chi connectivity index (χ4v) is 2.02. The molecule has 0 radical (unpaired) electrons. The standard InChI is InChI=1S/C18H24N2O4/c1-12(23-14-7-5-6-13(8-14)11-21)17(22)20-10-16-19-9-15(24-16)18(2,3)4/h5-9,12,21H,10-11H2,1-4H3,(H,20,22). The van der Waals surface area contributed by atoms with Gasteiger partial charge in [0, 0.05) is 5.41 Å². The summed E-state index contributed by atoms with van der Waals surface area (Å²) in [6.45, 7) is 7.90. The van der Waals surface area contributed by atoms with E-state index in [1.165, 1.54) is 0 Å². The molecule has 0 fully saturated rings. The van der Waals surface area contributed by atoms with Crippen molar-refractivity contribution < 1.29 is 19.1 Å². The number of carbonyl (C=O) groups excluding carboxylic acids is 1. The van der Waals surface area contributed by atoms with Crippen LogP contribution < -0.4 is 10.1 Å². The Hall–Kier alpha value is -2.34. The number of rotatable bonds is 6. The topological polar surface area (TPSA) is 84.6 Å². The van der Waals surface area contributed by atoms with Crippen molar-refractivity contribution in [2.75, 3.05) is 0 Å². The molecule has 1 atom stereocenters.